The Morgan fingerprint density at radius 3 is 2.83 bits per heavy atom. The first-order valence-electron chi connectivity index (χ1n) is 6.82. The second-order valence-corrected chi connectivity index (χ2v) is 7.24. The van der Waals surface area contributed by atoms with Crippen LogP contribution < -0.4 is 11.1 Å². The van der Waals surface area contributed by atoms with Gasteiger partial charge in [0.1, 0.15) is 5.84 Å². The van der Waals surface area contributed by atoms with E-state index < -0.39 is 0 Å². The monoisotopic (exact) mass is 273 g/mol. The number of amidine groups is 1. The Kier molecular flexibility index (Phi) is 6.29. The molecule has 106 valence electrons. The van der Waals surface area contributed by atoms with E-state index in [4.69, 9.17) is 10.9 Å². The van der Waals surface area contributed by atoms with E-state index in [1.165, 1.54) is 25.0 Å². The van der Waals surface area contributed by atoms with E-state index in [2.05, 4.69) is 29.2 Å². The maximum atomic E-state index is 8.71. The van der Waals surface area contributed by atoms with Gasteiger partial charge in [0.15, 0.2) is 0 Å². The summed E-state index contributed by atoms with van der Waals surface area (Å²) in [5.41, 5.74) is 5.44. The first-order valence-corrected chi connectivity index (χ1v) is 7.87. The third-order valence-electron chi connectivity index (χ3n) is 3.77. The van der Waals surface area contributed by atoms with Crippen molar-refractivity contribution in [3.05, 3.63) is 0 Å². The molecule has 1 rings (SSSR count). The van der Waals surface area contributed by atoms with Crippen molar-refractivity contribution in [3.63, 3.8) is 0 Å². The molecule has 5 heteroatoms. The molecular weight excluding hydrogens is 246 g/mol. The van der Waals surface area contributed by atoms with Crippen LogP contribution in [0.15, 0.2) is 5.16 Å². The van der Waals surface area contributed by atoms with Crippen molar-refractivity contribution in [2.75, 3.05) is 12.3 Å². The number of nitrogens with one attached hydrogen (secondary N) is 1. The van der Waals surface area contributed by atoms with Gasteiger partial charge in [-0.2, -0.15) is 11.8 Å². The van der Waals surface area contributed by atoms with E-state index >= 15 is 0 Å². The zero-order chi connectivity index (χ0) is 13.6. The van der Waals surface area contributed by atoms with Crippen LogP contribution in [0.1, 0.15) is 46.5 Å². The third kappa shape index (κ3) is 4.69. The average molecular weight is 273 g/mol. The predicted molar refractivity (Wildman–Crippen MR) is 79.4 cm³/mol. The number of nitrogens with two attached hydrogens (primary N) is 1. The molecule has 0 aliphatic heterocycles. The lowest BCUT2D eigenvalue weighted by Gasteiger charge is -2.24. The first kappa shape index (κ1) is 15.6. The smallest absolute Gasteiger partial charge is 0.144 e. The molecule has 1 fully saturated rings. The van der Waals surface area contributed by atoms with Crippen LogP contribution in [0.5, 0.6) is 0 Å². The summed E-state index contributed by atoms with van der Waals surface area (Å²) in [5.74, 6) is 1.53. The van der Waals surface area contributed by atoms with Crippen molar-refractivity contribution in [2.45, 2.75) is 57.7 Å². The topological polar surface area (TPSA) is 70.6 Å². The molecule has 2 atom stereocenters. The molecule has 1 aliphatic carbocycles. The highest BCUT2D eigenvalue weighted by molar-refractivity contribution is 7.99. The van der Waals surface area contributed by atoms with Crippen LogP contribution in [0, 0.1) is 5.41 Å². The molecule has 0 saturated heterocycles. The van der Waals surface area contributed by atoms with Gasteiger partial charge in [0.05, 0.1) is 0 Å². The molecule has 2 unspecified atom stereocenters. The van der Waals surface area contributed by atoms with Crippen LogP contribution in [0.25, 0.3) is 0 Å². The molecule has 0 radical (unpaired) electrons. The lowest BCUT2D eigenvalue weighted by molar-refractivity contribution is 0.304. The van der Waals surface area contributed by atoms with Crippen LogP contribution in [-0.2, 0) is 0 Å². The van der Waals surface area contributed by atoms with E-state index in [-0.39, 0.29) is 5.41 Å². The van der Waals surface area contributed by atoms with Crippen molar-refractivity contribution in [2.24, 2.45) is 16.3 Å². The number of hydrogen-bond acceptors (Lipinski definition) is 4. The van der Waals surface area contributed by atoms with Gasteiger partial charge in [0.25, 0.3) is 0 Å². The molecule has 0 spiro atoms. The van der Waals surface area contributed by atoms with E-state index in [9.17, 15) is 0 Å². The molecule has 0 bridgehead atoms. The molecule has 4 nitrogen and oxygen atoms in total. The van der Waals surface area contributed by atoms with Crippen LogP contribution in [0.3, 0.4) is 0 Å². The lowest BCUT2D eigenvalue weighted by Crippen LogP contribution is -2.37. The summed E-state index contributed by atoms with van der Waals surface area (Å²) < 4.78 is 0. The van der Waals surface area contributed by atoms with E-state index in [0.717, 1.165) is 18.2 Å². The SMILES string of the molecule is CCSC1CCC(NCCC(C)(C)C(N)=NO)C1. The molecule has 18 heavy (non-hydrogen) atoms. The van der Waals surface area contributed by atoms with Gasteiger partial charge in [-0.25, -0.2) is 0 Å². The van der Waals surface area contributed by atoms with Gasteiger partial charge < -0.3 is 16.3 Å². The third-order valence-corrected chi connectivity index (χ3v) is 5.00. The molecular formula is C13H27N3OS. The Balaban J connectivity index is 2.23. The van der Waals surface area contributed by atoms with E-state index in [1.807, 2.05) is 13.8 Å². The predicted octanol–water partition coefficient (Wildman–Crippen LogP) is 2.41. The Morgan fingerprint density at radius 1 is 1.50 bits per heavy atom. The highest BCUT2D eigenvalue weighted by Crippen LogP contribution is 2.30. The average Bonchev–Trinajstić information content (AvgIpc) is 2.76. The Bertz CT molecular complexity index is 281. The Labute approximate surface area is 115 Å². The molecule has 1 aliphatic rings. The van der Waals surface area contributed by atoms with Crippen LogP contribution >= 0.6 is 11.8 Å². The number of hydrogen-bond donors (Lipinski definition) is 3. The minimum absolute atomic E-state index is 0.238. The molecule has 4 N–H and O–H groups in total. The second kappa shape index (κ2) is 7.24. The Morgan fingerprint density at radius 2 is 2.22 bits per heavy atom. The minimum Gasteiger partial charge on any atom is -0.409 e. The number of nitrogens with zero attached hydrogens (tertiary/aromatic N) is 1. The van der Waals surface area contributed by atoms with Gasteiger partial charge in [0, 0.05) is 16.7 Å². The zero-order valence-electron chi connectivity index (χ0n) is 11.8. The molecule has 0 aromatic heterocycles. The normalized spacial score (nSPS) is 25.6. The summed E-state index contributed by atoms with van der Waals surface area (Å²) in [4.78, 5) is 0. The summed E-state index contributed by atoms with van der Waals surface area (Å²) in [7, 11) is 0. The van der Waals surface area contributed by atoms with Crippen molar-refractivity contribution in [1.82, 2.24) is 5.32 Å². The highest BCUT2D eigenvalue weighted by atomic mass is 32.2. The van der Waals surface area contributed by atoms with Crippen molar-refractivity contribution < 1.29 is 5.21 Å². The fourth-order valence-corrected chi connectivity index (χ4v) is 3.51. The highest BCUT2D eigenvalue weighted by Gasteiger charge is 2.26. The van der Waals surface area contributed by atoms with Crippen molar-refractivity contribution in [1.29, 1.82) is 0 Å². The van der Waals surface area contributed by atoms with Gasteiger partial charge in [-0.15, -0.1) is 0 Å². The van der Waals surface area contributed by atoms with Crippen LogP contribution in [-0.4, -0.2) is 34.6 Å². The summed E-state index contributed by atoms with van der Waals surface area (Å²) in [5, 5.41) is 16.3. The Hall–Kier alpha value is -0.420. The van der Waals surface area contributed by atoms with Crippen molar-refractivity contribution >= 4 is 17.6 Å². The fourth-order valence-electron chi connectivity index (χ4n) is 2.36. The van der Waals surface area contributed by atoms with Crippen LogP contribution in [0.2, 0.25) is 0 Å². The van der Waals surface area contributed by atoms with Crippen LogP contribution in [0.4, 0.5) is 0 Å². The molecule has 0 amide bonds. The first-order chi connectivity index (χ1) is 8.49. The number of oxime groups is 1. The largest absolute Gasteiger partial charge is 0.409 e. The minimum atomic E-state index is -0.238. The van der Waals surface area contributed by atoms with Gasteiger partial charge in [-0.1, -0.05) is 25.9 Å². The second-order valence-electron chi connectivity index (χ2n) is 5.66. The zero-order valence-corrected chi connectivity index (χ0v) is 12.6. The lowest BCUT2D eigenvalue weighted by atomic mass is 9.88. The quantitative estimate of drug-likeness (QED) is 0.288. The van der Waals surface area contributed by atoms with Gasteiger partial charge in [-0.3, -0.25) is 0 Å². The molecule has 0 aromatic carbocycles. The van der Waals surface area contributed by atoms with E-state index in [1.54, 1.807) is 0 Å². The van der Waals surface area contributed by atoms with Gasteiger partial charge in [-0.05, 0) is 38.0 Å². The number of rotatable bonds is 7. The number of thioether (sulfide) groups is 1. The fraction of sp³-hybridized carbons (Fsp3) is 0.923. The maximum absolute atomic E-state index is 8.71. The summed E-state index contributed by atoms with van der Waals surface area (Å²) >= 11 is 2.08. The molecule has 1 saturated carbocycles. The van der Waals surface area contributed by atoms with Crippen molar-refractivity contribution in [3.8, 4) is 0 Å². The van der Waals surface area contributed by atoms with Gasteiger partial charge in [0.2, 0.25) is 0 Å². The van der Waals surface area contributed by atoms with E-state index in [0.29, 0.717) is 11.9 Å². The molecule has 0 heterocycles. The molecule has 0 aromatic rings. The standard InChI is InChI=1S/C13H27N3OS/c1-4-18-11-6-5-10(9-11)15-8-7-13(2,3)12(14)16-17/h10-11,15,17H,4-9H2,1-3H3,(H2,14,16). The maximum Gasteiger partial charge on any atom is 0.144 e. The van der Waals surface area contributed by atoms with Gasteiger partial charge >= 0.3 is 0 Å². The summed E-state index contributed by atoms with van der Waals surface area (Å²) in [6.45, 7) is 7.17. The summed E-state index contributed by atoms with van der Waals surface area (Å²) in [6, 6.07) is 0.650. The summed E-state index contributed by atoms with van der Waals surface area (Å²) in [6.07, 6.45) is 4.79.